The lowest BCUT2D eigenvalue weighted by Crippen LogP contribution is -2.30. The summed E-state index contributed by atoms with van der Waals surface area (Å²) in [5, 5.41) is 7.88. The molecular weight excluding hydrogens is 284 g/mol. The van der Waals surface area contributed by atoms with E-state index in [9.17, 15) is 22.5 Å². The zero-order valence-corrected chi connectivity index (χ0v) is 11.7. The van der Waals surface area contributed by atoms with E-state index >= 15 is 0 Å². The van der Waals surface area contributed by atoms with E-state index in [2.05, 4.69) is 0 Å². The molecule has 1 fully saturated rings. The Bertz CT molecular complexity index is 631. The molecule has 20 heavy (non-hydrogen) atoms. The van der Waals surface area contributed by atoms with Gasteiger partial charge in [0.2, 0.25) is 0 Å². The van der Waals surface area contributed by atoms with Gasteiger partial charge in [0.25, 0.3) is 0 Å². The first kappa shape index (κ1) is 14.9. The van der Waals surface area contributed by atoms with E-state index < -0.39 is 31.6 Å². The zero-order valence-electron chi connectivity index (χ0n) is 10.9. The molecule has 0 saturated heterocycles. The Balaban J connectivity index is 2.41. The number of sulfone groups is 1. The summed E-state index contributed by atoms with van der Waals surface area (Å²) in [6, 6.07) is 4.06. The molecular formula is C14H15F2NO2S. The van der Waals surface area contributed by atoms with Gasteiger partial charge in [0, 0.05) is 0 Å². The first-order chi connectivity index (χ1) is 9.46. The Labute approximate surface area is 117 Å². The normalized spacial score (nSPS) is 18.4. The second-order valence-corrected chi connectivity index (χ2v) is 7.11. The Hall–Kier alpha value is -1.48. The molecule has 2 rings (SSSR count). The average Bonchev–Trinajstić information content (AvgIpc) is 2.43. The molecule has 0 aromatic heterocycles. The van der Waals surface area contributed by atoms with Gasteiger partial charge >= 0.3 is 0 Å². The summed E-state index contributed by atoms with van der Waals surface area (Å²) in [6.07, 6.45) is 4.01. The van der Waals surface area contributed by atoms with Crippen LogP contribution in [0.4, 0.5) is 8.78 Å². The van der Waals surface area contributed by atoms with Crippen molar-refractivity contribution in [3.05, 3.63) is 29.8 Å². The number of nitrogens with zero attached hydrogens (tertiary/aromatic N) is 1. The van der Waals surface area contributed by atoms with Gasteiger partial charge in [-0.05, 0) is 37.0 Å². The van der Waals surface area contributed by atoms with Crippen molar-refractivity contribution in [2.75, 3.05) is 0 Å². The fraction of sp³-hybridized carbons (Fsp3) is 0.500. The molecule has 0 heterocycles. The number of halogens is 2. The van der Waals surface area contributed by atoms with Crippen LogP contribution in [0.5, 0.6) is 0 Å². The Morgan fingerprint density at radius 2 is 1.85 bits per heavy atom. The molecule has 1 aliphatic carbocycles. The molecule has 0 aliphatic heterocycles. The smallest absolute Gasteiger partial charge is 0.197 e. The van der Waals surface area contributed by atoms with Gasteiger partial charge in [0.05, 0.1) is 6.07 Å². The predicted octanol–water partition coefficient (Wildman–Crippen LogP) is 3.21. The molecule has 0 spiro atoms. The number of hydrogen-bond acceptors (Lipinski definition) is 3. The first-order valence-electron chi connectivity index (χ1n) is 6.55. The molecule has 3 nitrogen and oxygen atoms in total. The van der Waals surface area contributed by atoms with E-state index in [1.54, 1.807) is 6.07 Å². The van der Waals surface area contributed by atoms with Crippen LogP contribution in [0.1, 0.15) is 32.1 Å². The summed E-state index contributed by atoms with van der Waals surface area (Å²) in [6.45, 7) is 0. The van der Waals surface area contributed by atoms with Crippen LogP contribution in [-0.2, 0) is 9.84 Å². The summed E-state index contributed by atoms with van der Waals surface area (Å²) in [5.41, 5.74) is 0. The van der Waals surface area contributed by atoms with Gasteiger partial charge in [-0.3, -0.25) is 0 Å². The predicted molar refractivity (Wildman–Crippen MR) is 69.5 cm³/mol. The molecule has 0 bridgehead atoms. The molecule has 1 aromatic carbocycles. The largest absolute Gasteiger partial charge is 0.222 e. The number of benzene rings is 1. The van der Waals surface area contributed by atoms with Crippen LogP contribution in [0.2, 0.25) is 0 Å². The lowest BCUT2D eigenvalue weighted by atomic mass is 9.87. The molecule has 1 unspecified atom stereocenters. The fourth-order valence-electron chi connectivity index (χ4n) is 2.70. The quantitative estimate of drug-likeness (QED) is 0.861. The van der Waals surface area contributed by atoms with E-state index in [1.807, 2.05) is 0 Å². The minimum absolute atomic E-state index is 0.304. The highest BCUT2D eigenvalue weighted by Gasteiger charge is 2.37. The van der Waals surface area contributed by atoms with Crippen molar-refractivity contribution in [1.82, 2.24) is 0 Å². The van der Waals surface area contributed by atoms with Gasteiger partial charge in [-0.15, -0.1) is 0 Å². The maximum absolute atomic E-state index is 13.7. The minimum Gasteiger partial charge on any atom is -0.222 e. The van der Waals surface area contributed by atoms with Crippen LogP contribution < -0.4 is 0 Å². The molecule has 0 N–H and O–H groups in total. The molecule has 1 saturated carbocycles. The van der Waals surface area contributed by atoms with Gasteiger partial charge in [-0.25, -0.2) is 17.2 Å². The van der Waals surface area contributed by atoms with Crippen LogP contribution in [-0.4, -0.2) is 13.7 Å². The third kappa shape index (κ3) is 2.83. The number of hydrogen-bond donors (Lipinski definition) is 0. The first-order valence-corrected chi connectivity index (χ1v) is 8.10. The van der Waals surface area contributed by atoms with Gasteiger partial charge in [0.15, 0.2) is 15.1 Å². The summed E-state index contributed by atoms with van der Waals surface area (Å²) in [7, 11) is -4.18. The van der Waals surface area contributed by atoms with Crippen molar-refractivity contribution in [3.8, 4) is 6.07 Å². The lowest BCUT2D eigenvalue weighted by molar-refractivity contribution is 0.362. The molecule has 1 atom stereocenters. The van der Waals surface area contributed by atoms with Crippen LogP contribution in [0.25, 0.3) is 0 Å². The standard InChI is InChI=1S/C14H15F2NO2S/c15-11-6-7-12(16)13(8-11)20(18,19)14(9-17)10-4-2-1-3-5-10/h6-8,10,14H,1-5H2. The van der Waals surface area contributed by atoms with Gasteiger partial charge in [-0.2, -0.15) is 5.26 Å². The highest BCUT2D eigenvalue weighted by atomic mass is 32.2. The van der Waals surface area contributed by atoms with E-state index in [0.29, 0.717) is 18.9 Å². The minimum atomic E-state index is -4.18. The second-order valence-electron chi connectivity index (χ2n) is 5.07. The highest BCUT2D eigenvalue weighted by Crippen LogP contribution is 2.33. The van der Waals surface area contributed by atoms with Crippen molar-refractivity contribution >= 4 is 9.84 Å². The Morgan fingerprint density at radius 3 is 2.45 bits per heavy atom. The number of nitriles is 1. The van der Waals surface area contributed by atoms with Crippen LogP contribution in [0, 0.1) is 28.9 Å². The topological polar surface area (TPSA) is 57.9 Å². The molecule has 1 aliphatic rings. The summed E-state index contributed by atoms with van der Waals surface area (Å²) in [4.78, 5) is -0.713. The highest BCUT2D eigenvalue weighted by molar-refractivity contribution is 7.92. The second kappa shape index (κ2) is 5.88. The zero-order chi connectivity index (χ0) is 14.8. The maximum Gasteiger partial charge on any atom is 0.197 e. The van der Waals surface area contributed by atoms with Crippen molar-refractivity contribution in [1.29, 1.82) is 5.26 Å². The van der Waals surface area contributed by atoms with Crippen molar-refractivity contribution < 1.29 is 17.2 Å². The SMILES string of the molecule is N#CC(C1CCCCC1)S(=O)(=O)c1cc(F)ccc1F. The fourth-order valence-corrected chi connectivity index (χ4v) is 4.51. The average molecular weight is 299 g/mol. The summed E-state index contributed by atoms with van der Waals surface area (Å²) < 4.78 is 51.7. The Morgan fingerprint density at radius 1 is 1.20 bits per heavy atom. The lowest BCUT2D eigenvalue weighted by Gasteiger charge is -2.25. The van der Waals surface area contributed by atoms with Crippen molar-refractivity contribution in [2.45, 2.75) is 42.2 Å². The van der Waals surface area contributed by atoms with Crippen LogP contribution in [0.15, 0.2) is 23.1 Å². The molecule has 1 aromatic rings. The summed E-state index contributed by atoms with van der Waals surface area (Å²) >= 11 is 0. The third-order valence-electron chi connectivity index (χ3n) is 3.74. The molecule has 6 heteroatoms. The monoisotopic (exact) mass is 299 g/mol. The molecule has 0 radical (unpaired) electrons. The Kier molecular flexibility index (Phi) is 4.39. The molecule has 108 valence electrons. The van der Waals surface area contributed by atoms with Crippen molar-refractivity contribution in [2.24, 2.45) is 5.92 Å². The van der Waals surface area contributed by atoms with Gasteiger partial charge in [-0.1, -0.05) is 19.3 Å². The summed E-state index contributed by atoms with van der Waals surface area (Å²) in [5.74, 6) is -2.14. The third-order valence-corrected chi connectivity index (χ3v) is 5.82. The van der Waals surface area contributed by atoms with Crippen LogP contribution in [0.3, 0.4) is 0 Å². The number of rotatable bonds is 3. The van der Waals surface area contributed by atoms with Gasteiger partial charge < -0.3 is 0 Å². The van der Waals surface area contributed by atoms with Crippen molar-refractivity contribution in [3.63, 3.8) is 0 Å². The maximum atomic E-state index is 13.7. The van der Waals surface area contributed by atoms with Crippen LogP contribution >= 0.6 is 0 Å². The van der Waals surface area contributed by atoms with E-state index in [1.165, 1.54) is 0 Å². The van der Waals surface area contributed by atoms with E-state index in [0.717, 1.165) is 31.4 Å². The molecule has 0 amide bonds. The van der Waals surface area contributed by atoms with E-state index in [4.69, 9.17) is 0 Å². The van der Waals surface area contributed by atoms with Gasteiger partial charge in [0.1, 0.15) is 16.5 Å². The van der Waals surface area contributed by atoms with E-state index in [-0.39, 0.29) is 5.92 Å².